The third-order valence-corrected chi connectivity index (χ3v) is 9.52. The molecule has 0 heterocycles. The zero-order chi connectivity index (χ0) is 34.1. The molecule has 4 aromatic carbocycles. The molecule has 0 amide bonds. The van der Waals surface area contributed by atoms with Gasteiger partial charge in [-0.1, -0.05) is 127 Å². The molecule has 0 bridgehead atoms. The fourth-order valence-corrected chi connectivity index (χ4v) is 7.02. The number of ether oxygens (including phenoxy) is 2. The number of benzene rings is 4. The number of carbonyl (C=O) groups excluding carboxylic acids is 1. The minimum atomic E-state index is -0.787. The van der Waals surface area contributed by atoms with E-state index < -0.39 is 26.2 Å². The summed E-state index contributed by atoms with van der Waals surface area (Å²) < 4.78 is 17.9. The van der Waals surface area contributed by atoms with Crippen LogP contribution < -0.4 is 21.2 Å². The van der Waals surface area contributed by atoms with E-state index in [9.17, 15) is 9.90 Å². The van der Waals surface area contributed by atoms with Crippen LogP contribution in [0.15, 0.2) is 121 Å². The molecule has 251 valence electrons. The topological polar surface area (TPSA) is 87.7 Å². The average molecular weight is 706 g/mol. The van der Waals surface area contributed by atoms with Crippen molar-refractivity contribution in [3.05, 3.63) is 166 Å². The SMILES string of the molecule is COC(C[C@@H](NCc1ccccc1)[C@@H]([C-]=O)[C@H](C)O)OC.[C-]#[O+].[CH]1[CH][CH][CH][CH]1.[Fe+2].c1ccc(P(c2ccccc2)c2ccccc2)cc1. The first-order valence-corrected chi connectivity index (χ1v) is 16.6. The van der Waals surface area contributed by atoms with Crippen LogP contribution in [-0.2, 0) is 42.5 Å². The summed E-state index contributed by atoms with van der Waals surface area (Å²) in [6, 6.07) is 41.9. The Bertz CT molecular complexity index is 1240. The monoisotopic (exact) mass is 705 g/mol. The van der Waals surface area contributed by atoms with Crippen molar-refractivity contribution in [2.75, 3.05) is 14.2 Å². The van der Waals surface area contributed by atoms with E-state index in [0.29, 0.717) is 13.0 Å². The molecule has 8 heteroatoms. The summed E-state index contributed by atoms with van der Waals surface area (Å²) in [5, 5.41) is 17.2. The van der Waals surface area contributed by atoms with Crippen molar-refractivity contribution in [3.63, 3.8) is 0 Å². The fraction of sp³-hybridized carbons (Fsp3) is 0.225. The van der Waals surface area contributed by atoms with E-state index in [1.165, 1.54) is 15.9 Å². The number of hydrogen-bond donors (Lipinski definition) is 2. The van der Waals surface area contributed by atoms with Crippen LogP contribution in [0.25, 0.3) is 0 Å². The van der Waals surface area contributed by atoms with Crippen LogP contribution in [0, 0.1) is 44.7 Å². The Kier molecular flexibility index (Phi) is 24.2. The van der Waals surface area contributed by atoms with Crippen LogP contribution in [0.1, 0.15) is 18.9 Å². The van der Waals surface area contributed by atoms with Crippen molar-refractivity contribution < 1.29 is 41.1 Å². The zero-order valence-corrected chi connectivity index (χ0v) is 29.5. The Balaban J connectivity index is 0.000000394. The third kappa shape index (κ3) is 16.0. The molecule has 5 rings (SSSR count). The number of methoxy groups -OCH3 is 2. The smallest absolute Gasteiger partial charge is 0.0622 e. The van der Waals surface area contributed by atoms with Crippen molar-refractivity contribution in [2.45, 2.75) is 38.3 Å². The van der Waals surface area contributed by atoms with Gasteiger partial charge in [0.1, 0.15) is 0 Å². The molecule has 6 nitrogen and oxygen atoms in total. The third-order valence-electron chi connectivity index (χ3n) is 7.07. The number of rotatable bonds is 13. The predicted octanol–water partition coefficient (Wildman–Crippen LogP) is 5.69. The van der Waals surface area contributed by atoms with Crippen LogP contribution in [0.2, 0.25) is 0 Å². The van der Waals surface area contributed by atoms with Crippen molar-refractivity contribution >= 4 is 30.1 Å². The van der Waals surface area contributed by atoms with E-state index >= 15 is 0 Å². The van der Waals surface area contributed by atoms with E-state index in [4.69, 9.17) is 14.1 Å². The normalized spacial score (nSPS) is 13.6. The minimum absolute atomic E-state index is 0. The Morgan fingerprint density at radius 1 is 0.708 bits per heavy atom. The van der Waals surface area contributed by atoms with Gasteiger partial charge in [-0.25, -0.2) is 0 Å². The molecule has 0 aromatic heterocycles. The maximum atomic E-state index is 11.2. The molecule has 0 spiro atoms. The van der Waals surface area contributed by atoms with Gasteiger partial charge in [0.05, 0.1) is 0 Å². The quantitative estimate of drug-likeness (QED) is 0.0615. The molecule has 0 saturated heterocycles. The molecule has 1 aliphatic carbocycles. The fourth-order valence-electron chi connectivity index (χ4n) is 4.71. The summed E-state index contributed by atoms with van der Waals surface area (Å²) >= 11 is 0. The summed E-state index contributed by atoms with van der Waals surface area (Å²) in [4.78, 5) is 11.2. The Morgan fingerprint density at radius 2 is 1.06 bits per heavy atom. The number of aliphatic hydroxyl groups is 1. The van der Waals surface area contributed by atoms with Gasteiger partial charge in [0, 0.05) is 33.3 Å². The van der Waals surface area contributed by atoms with E-state index in [-0.39, 0.29) is 23.1 Å². The molecule has 1 fully saturated rings. The molecular weight excluding hydrogens is 661 g/mol. The number of hydrogen-bond acceptors (Lipinski definition) is 5. The van der Waals surface area contributed by atoms with Gasteiger partial charge in [-0.05, 0) is 74.5 Å². The van der Waals surface area contributed by atoms with Gasteiger partial charge in [-0.2, -0.15) is 0 Å². The maximum Gasteiger partial charge on any atom is 2.00 e. The molecule has 2 N–H and O–H groups in total. The van der Waals surface area contributed by atoms with Crippen LogP contribution in [0.3, 0.4) is 0 Å². The molecule has 48 heavy (non-hydrogen) atoms. The Hall–Kier alpha value is -2.92. The first-order chi connectivity index (χ1) is 23.1. The first-order valence-electron chi connectivity index (χ1n) is 15.3. The summed E-state index contributed by atoms with van der Waals surface area (Å²) in [6.45, 7) is 6.68. The van der Waals surface area contributed by atoms with E-state index in [0.717, 1.165) is 5.56 Å². The summed E-state index contributed by atoms with van der Waals surface area (Å²) in [5.41, 5.74) is 1.10. The van der Waals surface area contributed by atoms with Gasteiger partial charge in [0.25, 0.3) is 0 Å². The number of aliphatic hydroxyl groups excluding tert-OH is 1. The van der Waals surface area contributed by atoms with Gasteiger partial charge in [-0.3, -0.25) is 6.29 Å². The standard InChI is InChI=1S/C18H15P.C16H24NO4.C5H5.CO.Fe/c1-4-10-16(11-5-1)19(17-12-6-2-7-13-17)18-14-8-3-9-15-18;1-12(19)14(11-18)15(9-16(20-2)21-3)17-10-13-7-5-4-6-8-13;1-2-4-5-3-1;1-2;/h1-15H;4-8,12,14-17,19H,9-10H2,1-3H3;1-5H;;/q;-1;;;+2/t;12-,14-,15+;;;/m.0.../s1. The first kappa shape index (κ1) is 43.1. The molecule has 0 aliphatic heterocycles. The van der Waals surface area contributed by atoms with E-state index in [2.05, 4.69) is 103 Å². The van der Waals surface area contributed by atoms with Crippen molar-refractivity contribution in [1.29, 1.82) is 0 Å². The van der Waals surface area contributed by atoms with Gasteiger partial charge >= 0.3 is 28.4 Å². The van der Waals surface area contributed by atoms with Crippen LogP contribution in [0.4, 0.5) is 0 Å². The molecule has 1 saturated carbocycles. The van der Waals surface area contributed by atoms with Crippen molar-refractivity contribution in [3.8, 4) is 0 Å². The predicted molar refractivity (Wildman–Crippen MR) is 191 cm³/mol. The second kappa shape index (κ2) is 27.0. The Labute approximate surface area is 299 Å². The molecule has 1 aliphatic rings. The summed E-state index contributed by atoms with van der Waals surface area (Å²) in [6.07, 6.45) is 11.1. The van der Waals surface area contributed by atoms with E-state index in [1.807, 2.05) is 68.7 Å². The van der Waals surface area contributed by atoms with Crippen LogP contribution >= 0.6 is 7.92 Å². The largest absolute Gasteiger partial charge is 2.00 e. The van der Waals surface area contributed by atoms with Crippen molar-refractivity contribution in [1.82, 2.24) is 5.32 Å². The van der Waals surface area contributed by atoms with Gasteiger partial charge in [-0.15, -0.1) is 0 Å². The molecular formula is C40H44FeNO5P+. The zero-order valence-electron chi connectivity index (χ0n) is 27.5. The van der Waals surface area contributed by atoms with Crippen molar-refractivity contribution in [2.24, 2.45) is 5.92 Å². The second-order valence-electron chi connectivity index (χ2n) is 10.3. The molecule has 4 aromatic rings. The minimum Gasteiger partial charge on any atom is -0.0622 e. The van der Waals surface area contributed by atoms with Gasteiger partial charge in [0.2, 0.25) is 0 Å². The van der Waals surface area contributed by atoms with Gasteiger partial charge in [0.15, 0.2) is 6.29 Å². The summed E-state index contributed by atoms with van der Waals surface area (Å²) in [5.74, 6) is -0.637. The Morgan fingerprint density at radius 3 is 1.38 bits per heavy atom. The molecule has 0 unspecified atom stereocenters. The average Bonchev–Trinajstić information content (AvgIpc) is 3.73. The van der Waals surface area contributed by atoms with Crippen LogP contribution in [0.5, 0.6) is 0 Å². The van der Waals surface area contributed by atoms with Crippen LogP contribution in [-0.4, -0.2) is 44.0 Å². The maximum absolute atomic E-state index is 11.2. The summed E-state index contributed by atoms with van der Waals surface area (Å²) in [7, 11) is 2.65. The van der Waals surface area contributed by atoms with Gasteiger partial charge < -0.3 is 24.7 Å². The number of nitrogens with one attached hydrogen (secondary N) is 1. The van der Waals surface area contributed by atoms with E-state index in [1.54, 1.807) is 21.1 Å². The second-order valence-corrected chi connectivity index (χ2v) is 12.5. The molecule has 3 atom stereocenters. The molecule has 5 radical (unpaired) electrons.